The monoisotopic (exact) mass is 350 g/mol. The molecule has 3 aromatic heterocycles. The molecule has 26 heavy (non-hydrogen) atoms. The molecule has 0 fully saturated rings. The average molecular weight is 350 g/mol. The van der Waals surface area contributed by atoms with Crippen LogP contribution in [0.5, 0.6) is 5.75 Å². The number of methoxy groups -OCH3 is 1. The molecule has 0 atom stereocenters. The van der Waals surface area contributed by atoms with Crippen molar-refractivity contribution in [2.75, 3.05) is 7.11 Å². The molecule has 7 heteroatoms. The quantitative estimate of drug-likeness (QED) is 0.614. The number of aromatic nitrogens is 4. The van der Waals surface area contributed by atoms with Crippen molar-refractivity contribution in [2.45, 2.75) is 6.42 Å². The lowest BCUT2D eigenvalue weighted by Crippen LogP contribution is -2.15. The van der Waals surface area contributed by atoms with E-state index in [0.717, 1.165) is 11.3 Å². The van der Waals surface area contributed by atoms with E-state index in [-0.39, 0.29) is 11.3 Å². The minimum Gasteiger partial charge on any atom is -0.494 e. The zero-order valence-corrected chi connectivity index (χ0v) is 13.9. The smallest absolute Gasteiger partial charge is 0.272 e. The van der Waals surface area contributed by atoms with E-state index in [1.54, 1.807) is 30.6 Å². The summed E-state index contributed by atoms with van der Waals surface area (Å²) in [7, 11) is 1.42. The van der Waals surface area contributed by atoms with Crippen LogP contribution in [0.1, 0.15) is 11.3 Å². The van der Waals surface area contributed by atoms with Gasteiger partial charge < -0.3 is 4.74 Å². The van der Waals surface area contributed by atoms with Gasteiger partial charge in [-0.05, 0) is 29.8 Å². The maximum Gasteiger partial charge on any atom is 0.272 e. The van der Waals surface area contributed by atoms with Gasteiger partial charge in [0, 0.05) is 36.5 Å². The standard InChI is InChI=1S/C19H15FN4O2/c1-26-17-3-2-12(9-15(17)20)8-14-10-19(25)24-18(22-14)11-16(23-24)13-4-6-21-7-5-13/h2-7,9-11,23H,8H2,1H3. The molecule has 0 saturated carbocycles. The third-order valence-corrected chi connectivity index (χ3v) is 4.10. The number of rotatable bonds is 4. The lowest BCUT2D eigenvalue weighted by Gasteiger charge is -2.05. The summed E-state index contributed by atoms with van der Waals surface area (Å²) in [5.74, 6) is -0.255. The second-order valence-corrected chi connectivity index (χ2v) is 5.83. The first-order valence-electron chi connectivity index (χ1n) is 7.98. The molecule has 0 unspecified atom stereocenters. The Balaban J connectivity index is 1.71. The van der Waals surface area contributed by atoms with Crippen molar-refractivity contribution in [1.82, 2.24) is 19.6 Å². The van der Waals surface area contributed by atoms with Crippen LogP contribution < -0.4 is 10.3 Å². The average Bonchev–Trinajstić information content (AvgIpc) is 3.07. The van der Waals surface area contributed by atoms with E-state index in [1.165, 1.54) is 23.8 Å². The Bertz CT molecular complexity index is 1140. The molecule has 0 amide bonds. The van der Waals surface area contributed by atoms with E-state index in [2.05, 4.69) is 15.1 Å². The van der Waals surface area contributed by atoms with Crippen LogP contribution >= 0.6 is 0 Å². The van der Waals surface area contributed by atoms with Gasteiger partial charge in [0.15, 0.2) is 17.2 Å². The molecule has 0 saturated heterocycles. The highest BCUT2D eigenvalue weighted by molar-refractivity contribution is 5.63. The number of halogens is 1. The van der Waals surface area contributed by atoms with Gasteiger partial charge in [-0.1, -0.05) is 6.07 Å². The molecule has 0 aliphatic rings. The fourth-order valence-corrected chi connectivity index (χ4v) is 2.84. The fraction of sp³-hybridized carbons (Fsp3) is 0.105. The van der Waals surface area contributed by atoms with Crippen LogP contribution in [0, 0.1) is 5.82 Å². The van der Waals surface area contributed by atoms with Crippen LogP contribution in [-0.2, 0) is 6.42 Å². The summed E-state index contributed by atoms with van der Waals surface area (Å²) in [6, 6.07) is 11.6. The molecule has 0 bridgehead atoms. The Morgan fingerprint density at radius 1 is 1.15 bits per heavy atom. The molecular weight excluding hydrogens is 335 g/mol. The molecule has 4 rings (SSSR count). The van der Waals surface area contributed by atoms with Gasteiger partial charge in [0.05, 0.1) is 18.5 Å². The topological polar surface area (TPSA) is 72.3 Å². The first-order valence-corrected chi connectivity index (χ1v) is 7.98. The zero-order chi connectivity index (χ0) is 18.1. The number of pyridine rings is 1. The van der Waals surface area contributed by atoms with Crippen molar-refractivity contribution in [3.05, 3.63) is 82.3 Å². The number of hydrogen-bond donors (Lipinski definition) is 1. The normalized spacial score (nSPS) is 11.0. The van der Waals surface area contributed by atoms with Crippen LogP contribution in [0.25, 0.3) is 16.9 Å². The first kappa shape index (κ1) is 16.0. The molecule has 1 N–H and O–H groups in total. The summed E-state index contributed by atoms with van der Waals surface area (Å²) in [4.78, 5) is 20.9. The predicted octanol–water partition coefficient (Wildman–Crippen LogP) is 2.82. The van der Waals surface area contributed by atoms with Gasteiger partial charge in [0.2, 0.25) is 0 Å². The summed E-state index contributed by atoms with van der Waals surface area (Å²) in [5, 5.41) is 3.03. The maximum absolute atomic E-state index is 13.9. The third-order valence-electron chi connectivity index (χ3n) is 4.10. The number of benzene rings is 1. The van der Waals surface area contributed by atoms with Crippen LogP contribution in [0.15, 0.2) is 59.7 Å². The van der Waals surface area contributed by atoms with Crippen molar-refractivity contribution in [3.8, 4) is 17.0 Å². The van der Waals surface area contributed by atoms with E-state index < -0.39 is 5.82 Å². The highest BCUT2D eigenvalue weighted by atomic mass is 19.1. The van der Waals surface area contributed by atoms with E-state index >= 15 is 0 Å². The van der Waals surface area contributed by atoms with Crippen LogP contribution in [0.4, 0.5) is 4.39 Å². The molecule has 3 heterocycles. The molecule has 1 aromatic carbocycles. The Hall–Kier alpha value is -3.48. The molecule has 130 valence electrons. The summed E-state index contributed by atoms with van der Waals surface area (Å²) in [6.07, 6.45) is 3.71. The van der Waals surface area contributed by atoms with Gasteiger partial charge in [-0.3, -0.25) is 14.9 Å². The minimum absolute atomic E-state index is 0.185. The molecule has 0 spiro atoms. The lowest BCUT2D eigenvalue weighted by molar-refractivity contribution is 0.386. The maximum atomic E-state index is 13.9. The number of hydrogen-bond acceptors (Lipinski definition) is 4. The largest absolute Gasteiger partial charge is 0.494 e. The molecule has 0 aliphatic carbocycles. The summed E-state index contributed by atoms with van der Waals surface area (Å²) in [5.41, 5.74) is 3.24. The van der Waals surface area contributed by atoms with E-state index in [1.807, 2.05) is 12.1 Å². The number of fused-ring (bicyclic) bond motifs is 1. The molecular formula is C19H15FN4O2. The molecule has 6 nitrogen and oxygen atoms in total. The Labute approximate surface area is 147 Å². The van der Waals surface area contributed by atoms with Crippen molar-refractivity contribution >= 4 is 5.65 Å². The first-order chi connectivity index (χ1) is 12.6. The van der Waals surface area contributed by atoms with Crippen molar-refractivity contribution < 1.29 is 9.13 Å². The van der Waals surface area contributed by atoms with E-state index in [0.29, 0.717) is 23.3 Å². The number of H-pyrrole nitrogens is 1. The number of aromatic amines is 1. The van der Waals surface area contributed by atoms with Gasteiger partial charge in [-0.25, -0.2) is 13.9 Å². The minimum atomic E-state index is -0.440. The fourth-order valence-electron chi connectivity index (χ4n) is 2.84. The molecule has 4 aromatic rings. The SMILES string of the molecule is COc1ccc(Cc2cc(=O)n3[nH]c(-c4ccncc4)cc3n2)cc1F. The summed E-state index contributed by atoms with van der Waals surface area (Å²) < 4.78 is 20.2. The zero-order valence-electron chi connectivity index (χ0n) is 13.9. The third kappa shape index (κ3) is 2.95. The van der Waals surface area contributed by atoms with E-state index in [9.17, 15) is 9.18 Å². The number of nitrogens with zero attached hydrogens (tertiary/aromatic N) is 3. The second kappa shape index (κ2) is 6.44. The van der Waals surface area contributed by atoms with Gasteiger partial charge in [0.1, 0.15) is 0 Å². The van der Waals surface area contributed by atoms with Crippen LogP contribution in [0.3, 0.4) is 0 Å². The van der Waals surface area contributed by atoms with Crippen LogP contribution in [0.2, 0.25) is 0 Å². The summed E-state index contributed by atoms with van der Waals surface area (Å²) >= 11 is 0. The van der Waals surface area contributed by atoms with Crippen LogP contribution in [-0.4, -0.2) is 26.7 Å². The van der Waals surface area contributed by atoms with Gasteiger partial charge in [-0.2, -0.15) is 0 Å². The highest BCUT2D eigenvalue weighted by Gasteiger charge is 2.10. The predicted molar refractivity (Wildman–Crippen MR) is 94.8 cm³/mol. The van der Waals surface area contributed by atoms with Gasteiger partial charge in [0.25, 0.3) is 5.56 Å². The van der Waals surface area contributed by atoms with Gasteiger partial charge >= 0.3 is 0 Å². The van der Waals surface area contributed by atoms with Crippen molar-refractivity contribution in [3.63, 3.8) is 0 Å². The van der Waals surface area contributed by atoms with Crippen molar-refractivity contribution in [1.29, 1.82) is 0 Å². The van der Waals surface area contributed by atoms with E-state index in [4.69, 9.17) is 4.74 Å². The number of ether oxygens (including phenoxy) is 1. The van der Waals surface area contributed by atoms with Crippen molar-refractivity contribution in [2.24, 2.45) is 0 Å². The lowest BCUT2D eigenvalue weighted by atomic mass is 10.1. The number of nitrogens with one attached hydrogen (secondary N) is 1. The molecule has 0 radical (unpaired) electrons. The molecule has 0 aliphatic heterocycles. The second-order valence-electron chi connectivity index (χ2n) is 5.83. The summed E-state index contributed by atoms with van der Waals surface area (Å²) in [6.45, 7) is 0. The Morgan fingerprint density at radius 3 is 2.69 bits per heavy atom. The Kier molecular flexibility index (Phi) is 3.96. The Morgan fingerprint density at radius 2 is 1.96 bits per heavy atom. The highest BCUT2D eigenvalue weighted by Crippen LogP contribution is 2.20. The van der Waals surface area contributed by atoms with Gasteiger partial charge in [-0.15, -0.1) is 0 Å².